The Morgan fingerprint density at radius 3 is 2.06 bits per heavy atom. The first-order valence-electron chi connectivity index (χ1n) is 17.3. The zero-order valence-electron chi connectivity index (χ0n) is 29.4. The summed E-state index contributed by atoms with van der Waals surface area (Å²) in [6, 6.07) is 28.9. The normalized spacial score (nSPS) is 25.0. The molecule has 2 aliphatic carbocycles. The van der Waals surface area contributed by atoms with E-state index in [1.807, 2.05) is 42.6 Å². The number of fused-ring (bicyclic) bond motifs is 7. The predicted molar refractivity (Wildman–Crippen MR) is 213 cm³/mol. The number of hydroxylamine groups is 3. The van der Waals surface area contributed by atoms with Gasteiger partial charge in [0.25, 0.3) is 0 Å². The molecule has 0 amide bonds. The maximum atomic E-state index is 9.11. The molecule has 4 aromatic rings. The van der Waals surface area contributed by atoms with Crippen molar-refractivity contribution in [3.63, 3.8) is 0 Å². The molecule has 4 aromatic carbocycles. The smallest absolute Gasteiger partial charge is 0.222 e. The van der Waals surface area contributed by atoms with Gasteiger partial charge in [-0.3, -0.25) is 0 Å². The number of nitriles is 1. The van der Waals surface area contributed by atoms with Gasteiger partial charge in [0.15, 0.2) is 0 Å². The second-order valence-corrected chi connectivity index (χ2v) is 15.4. The van der Waals surface area contributed by atoms with Gasteiger partial charge in [0, 0.05) is 41.4 Å². The molecule has 3 aliphatic heterocycles. The Bertz CT molecular complexity index is 2110. The third-order valence-electron chi connectivity index (χ3n) is 10.4. The Kier molecular flexibility index (Phi) is 11.5. The van der Waals surface area contributed by atoms with Gasteiger partial charge in [-0.25, -0.2) is 20.4 Å². The van der Waals surface area contributed by atoms with Gasteiger partial charge in [-0.15, -0.1) is 12.4 Å². The Morgan fingerprint density at radius 2 is 1.43 bits per heavy atom. The molecule has 0 saturated heterocycles. The fourth-order valence-corrected chi connectivity index (χ4v) is 9.01. The van der Waals surface area contributed by atoms with E-state index in [-0.39, 0.29) is 12.4 Å². The molecular weight excluding hydrogens is 824 g/mol. The lowest BCUT2D eigenvalue weighted by atomic mass is 9.72. The Labute approximate surface area is 332 Å². The lowest BCUT2D eigenvalue weighted by Crippen LogP contribution is -2.48. The Balaban J connectivity index is 0.000000167. The summed E-state index contributed by atoms with van der Waals surface area (Å²) in [4.78, 5) is 15.1. The molecule has 9 rings (SSSR count). The van der Waals surface area contributed by atoms with Gasteiger partial charge in [0.05, 0.1) is 11.3 Å². The van der Waals surface area contributed by atoms with E-state index >= 15 is 0 Å². The molecule has 3 spiro atoms. The van der Waals surface area contributed by atoms with E-state index in [2.05, 4.69) is 85.4 Å². The average molecular weight is 865 g/mol. The quantitative estimate of drug-likeness (QED) is 0.118. The third-order valence-corrected chi connectivity index (χ3v) is 11.4. The van der Waals surface area contributed by atoms with Crippen molar-refractivity contribution >= 4 is 55.9 Å². The summed E-state index contributed by atoms with van der Waals surface area (Å²) >= 11 is 7.05. The summed E-state index contributed by atoms with van der Waals surface area (Å²) in [6.07, 6.45) is 9.41. The highest BCUT2D eigenvalue weighted by molar-refractivity contribution is 9.10. The number of hydrogen-bond donors (Lipinski definition) is 3. The molecule has 276 valence electrons. The molecule has 0 bridgehead atoms. The first kappa shape index (κ1) is 38.8. The predicted octanol–water partition coefficient (Wildman–Crippen LogP) is 8.56. The number of ether oxygens (including phenoxy) is 2. The number of nitrogens with one attached hydrogen (secondary N) is 1. The molecule has 0 saturated carbocycles. The van der Waals surface area contributed by atoms with Crippen molar-refractivity contribution in [3.8, 4) is 17.7 Å². The molecule has 0 radical (unpaired) electrons. The summed E-state index contributed by atoms with van der Waals surface area (Å²) in [5, 5.41) is 18.0. The zero-order chi connectivity index (χ0) is 36.5. The van der Waals surface area contributed by atoms with Gasteiger partial charge in [-0.1, -0.05) is 80.4 Å². The van der Waals surface area contributed by atoms with E-state index in [4.69, 9.17) is 35.5 Å². The van der Waals surface area contributed by atoms with Crippen LogP contribution in [-0.2, 0) is 34.6 Å². The molecular formula is C40H41Br2ClN6O4. The molecule has 4 N–H and O–H groups in total. The summed E-state index contributed by atoms with van der Waals surface area (Å²) < 4.78 is 15.1. The minimum Gasteiger partial charge on any atom is -0.482 e. The van der Waals surface area contributed by atoms with E-state index in [1.54, 1.807) is 17.6 Å². The van der Waals surface area contributed by atoms with Crippen molar-refractivity contribution in [3.05, 3.63) is 127 Å². The van der Waals surface area contributed by atoms with Crippen LogP contribution in [0, 0.1) is 11.5 Å². The van der Waals surface area contributed by atoms with E-state index in [9.17, 15) is 0 Å². The van der Waals surface area contributed by atoms with E-state index in [0.717, 1.165) is 75.8 Å². The monoisotopic (exact) mass is 862 g/mol. The van der Waals surface area contributed by atoms with Crippen LogP contribution in [0.2, 0.25) is 0 Å². The first-order valence-corrected chi connectivity index (χ1v) is 18.9. The molecule has 3 atom stereocenters. The summed E-state index contributed by atoms with van der Waals surface area (Å²) in [7, 11) is 3.22. The largest absolute Gasteiger partial charge is 0.482 e. The van der Waals surface area contributed by atoms with Gasteiger partial charge in [0.1, 0.15) is 22.7 Å². The maximum Gasteiger partial charge on any atom is 0.222 e. The average Bonchev–Trinajstić information content (AvgIpc) is 3.42. The number of halogens is 3. The Hall–Kier alpha value is -3.96. The van der Waals surface area contributed by atoms with Gasteiger partial charge in [-0.2, -0.15) is 10.3 Å². The molecule has 5 aliphatic rings. The van der Waals surface area contributed by atoms with Crippen LogP contribution in [0.4, 0.5) is 0 Å². The highest BCUT2D eigenvalue weighted by Gasteiger charge is 2.56. The number of rotatable bonds is 0. The van der Waals surface area contributed by atoms with Crippen molar-refractivity contribution in [1.82, 2.24) is 10.5 Å². The molecule has 13 heteroatoms. The minimum atomic E-state index is -0.860. The van der Waals surface area contributed by atoms with Crippen LogP contribution in [0.15, 0.2) is 104 Å². The highest BCUT2D eigenvalue weighted by atomic mass is 79.9. The van der Waals surface area contributed by atoms with Crippen molar-refractivity contribution < 1.29 is 19.5 Å². The second kappa shape index (κ2) is 15.8. The number of hydrogen-bond acceptors (Lipinski definition) is 10. The van der Waals surface area contributed by atoms with E-state index < -0.39 is 16.9 Å². The molecule has 53 heavy (non-hydrogen) atoms. The van der Waals surface area contributed by atoms with Gasteiger partial charge in [0.2, 0.25) is 17.9 Å². The molecule has 3 unspecified atom stereocenters. The van der Waals surface area contributed by atoms with Crippen LogP contribution in [0.5, 0.6) is 11.5 Å². The van der Waals surface area contributed by atoms with Crippen molar-refractivity contribution in [2.75, 3.05) is 14.1 Å². The van der Waals surface area contributed by atoms with Gasteiger partial charge >= 0.3 is 0 Å². The van der Waals surface area contributed by atoms with Gasteiger partial charge in [-0.05, 0) is 97.2 Å². The third kappa shape index (κ3) is 7.31. The fraction of sp³-hybridized carbons (Fsp3) is 0.325. The van der Waals surface area contributed by atoms with Crippen LogP contribution >= 0.6 is 44.3 Å². The lowest BCUT2D eigenvalue weighted by molar-refractivity contribution is -0.207. The fourth-order valence-electron chi connectivity index (χ4n) is 8.29. The van der Waals surface area contributed by atoms with Gasteiger partial charge < -0.3 is 20.4 Å². The van der Waals surface area contributed by atoms with E-state index in [0.29, 0.717) is 18.8 Å². The number of aliphatic imine (C=N–C) groups is 2. The van der Waals surface area contributed by atoms with E-state index in [1.165, 1.54) is 29.3 Å². The zero-order valence-corrected chi connectivity index (χ0v) is 33.4. The summed E-state index contributed by atoms with van der Waals surface area (Å²) in [5.41, 5.74) is 13.9. The molecule has 0 fully saturated rings. The number of nitrogens with two attached hydrogens (primary N) is 1. The molecule has 0 aromatic heterocycles. The van der Waals surface area contributed by atoms with Crippen LogP contribution < -0.4 is 20.7 Å². The highest BCUT2D eigenvalue weighted by Crippen LogP contribution is 2.56. The summed E-state index contributed by atoms with van der Waals surface area (Å²) in [5.74, 6) is 2.00. The molecule has 3 heterocycles. The topological polar surface area (TPSA) is 138 Å². The van der Waals surface area contributed by atoms with Crippen LogP contribution in [0.1, 0.15) is 71.9 Å². The van der Waals surface area contributed by atoms with Crippen molar-refractivity contribution in [2.24, 2.45) is 15.7 Å². The number of guanidine groups is 1. The maximum absolute atomic E-state index is 9.11. The SMILES string of the molecule is CN1OC2(CC3(CCCc4ccccc43)Oc3ccc(Br)cc32)N=C1N.CNO.Cl.N#CN=C1CC2(CCCc3ccccc32)Oc2ccc(Br)cc21. The molecule has 10 nitrogen and oxygen atoms in total. The van der Waals surface area contributed by atoms with Crippen LogP contribution in [-0.4, -0.2) is 36.0 Å². The first-order chi connectivity index (χ1) is 25.1. The number of nitrogens with zero attached hydrogens (tertiary/aromatic N) is 4. The van der Waals surface area contributed by atoms with Crippen molar-refractivity contribution in [1.29, 1.82) is 5.26 Å². The standard InChI is InChI=1S/C20H20BrN3O2.C19H15BrN2O.CH5NO.ClH/c1-24-18(22)23-20(26-24)12-19(25-17-9-8-14(21)11-16(17)20)10-4-6-13-5-2-3-7-15(13)19;20-14-7-8-18-15(10-14)17(22-12-21)11-19(23-18)9-3-5-13-4-1-2-6-16(13)19;1-2-3;/h2-3,5,7-9,11H,4,6,10,12H2,1H3,(H2,22,23);1-2,4,6-8,10H,3,5,9,11H2;2-3H,1H3;1H. The minimum absolute atomic E-state index is 0. The second-order valence-electron chi connectivity index (χ2n) is 13.6. The van der Waals surface area contributed by atoms with Crippen LogP contribution in [0.3, 0.4) is 0 Å². The summed E-state index contributed by atoms with van der Waals surface area (Å²) in [6.45, 7) is 0. The van der Waals surface area contributed by atoms with Crippen LogP contribution in [0.25, 0.3) is 0 Å². The van der Waals surface area contributed by atoms with Crippen molar-refractivity contribution in [2.45, 2.75) is 68.3 Å². The number of aryl methyl sites for hydroxylation is 2. The lowest BCUT2D eigenvalue weighted by Gasteiger charge is -2.47. The number of benzene rings is 4. The Morgan fingerprint density at radius 1 is 0.868 bits per heavy atom.